The van der Waals surface area contributed by atoms with Crippen molar-refractivity contribution in [2.75, 3.05) is 0 Å². The zero-order chi connectivity index (χ0) is 22.8. The van der Waals surface area contributed by atoms with Crippen LogP contribution in [-0.4, -0.2) is 65.7 Å². The van der Waals surface area contributed by atoms with Crippen molar-refractivity contribution < 1.29 is 52.8 Å². The van der Waals surface area contributed by atoms with E-state index in [2.05, 4.69) is 0 Å². The molecule has 1 aliphatic heterocycles. The van der Waals surface area contributed by atoms with E-state index in [-0.39, 0.29) is 6.42 Å². The Kier molecular flexibility index (Phi) is 10.2. The van der Waals surface area contributed by atoms with Gasteiger partial charge >= 0.3 is 29.8 Å². The molecule has 1 aliphatic rings. The summed E-state index contributed by atoms with van der Waals surface area (Å²) in [6.07, 6.45) is -4.15. The van der Waals surface area contributed by atoms with Crippen LogP contribution in [0.2, 0.25) is 0 Å². The van der Waals surface area contributed by atoms with E-state index in [1.165, 1.54) is 0 Å². The first-order valence-corrected chi connectivity index (χ1v) is 9.57. The molecule has 1 N–H and O–H groups in total. The van der Waals surface area contributed by atoms with E-state index >= 15 is 0 Å². The molecule has 0 aromatic carbocycles. The van der Waals surface area contributed by atoms with Gasteiger partial charge in [0.1, 0.15) is 6.10 Å². The molecule has 0 aliphatic carbocycles. The molecule has 1 unspecified atom stereocenters. The summed E-state index contributed by atoms with van der Waals surface area (Å²) < 4.78 is 26.6. The molecule has 11 nitrogen and oxygen atoms in total. The number of carbonyl (C=O) groups excluding carboxylic acids is 4. The van der Waals surface area contributed by atoms with Crippen LogP contribution in [0.3, 0.4) is 0 Å². The van der Waals surface area contributed by atoms with Crippen LogP contribution in [0.15, 0.2) is 0 Å². The lowest BCUT2D eigenvalue weighted by atomic mass is 9.94. The van der Waals surface area contributed by atoms with Crippen LogP contribution < -0.4 is 0 Å². The van der Waals surface area contributed by atoms with Gasteiger partial charge in [0.25, 0.3) is 0 Å². The summed E-state index contributed by atoms with van der Waals surface area (Å²) in [5, 5.41) is 8.72. The van der Waals surface area contributed by atoms with Crippen LogP contribution in [0.4, 0.5) is 0 Å². The van der Waals surface area contributed by atoms with Gasteiger partial charge in [-0.25, -0.2) is 0 Å². The van der Waals surface area contributed by atoms with Crippen molar-refractivity contribution in [2.45, 2.75) is 90.5 Å². The van der Waals surface area contributed by atoms with Gasteiger partial charge in [-0.2, -0.15) is 0 Å². The van der Waals surface area contributed by atoms with E-state index in [9.17, 15) is 24.0 Å². The van der Waals surface area contributed by atoms with E-state index in [4.69, 9.17) is 28.8 Å². The van der Waals surface area contributed by atoms with Crippen molar-refractivity contribution >= 4 is 29.8 Å². The van der Waals surface area contributed by atoms with Crippen LogP contribution in [0.5, 0.6) is 0 Å². The third kappa shape index (κ3) is 8.76. The molecule has 170 valence electrons. The summed E-state index contributed by atoms with van der Waals surface area (Å²) in [6.45, 7) is 4.54. The molecule has 1 heterocycles. The number of carbonyl (C=O) groups is 5. The summed E-state index contributed by atoms with van der Waals surface area (Å²) in [7, 11) is 0. The Morgan fingerprint density at radius 1 is 0.700 bits per heavy atom. The van der Waals surface area contributed by atoms with E-state index in [0.29, 0.717) is 25.7 Å². The number of unbranched alkanes of at least 4 members (excludes halogenated alkanes) is 2. The third-order valence-corrected chi connectivity index (χ3v) is 4.16. The average molecular weight is 432 g/mol. The highest BCUT2D eigenvalue weighted by molar-refractivity contribution is 5.69. The van der Waals surface area contributed by atoms with Gasteiger partial charge < -0.3 is 28.8 Å². The minimum atomic E-state index is -1.38. The molecule has 1 saturated heterocycles. The molecule has 0 aromatic heterocycles. The lowest BCUT2D eigenvalue weighted by molar-refractivity contribution is -0.296. The number of hydrogen-bond donors (Lipinski definition) is 1. The van der Waals surface area contributed by atoms with Crippen LogP contribution >= 0.6 is 0 Å². The topological polar surface area (TPSA) is 152 Å². The van der Waals surface area contributed by atoms with Gasteiger partial charge in [0.15, 0.2) is 12.2 Å². The van der Waals surface area contributed by atoms with Gasteiger partial charge in [-0.15, -0.1) is 0 Å². The maximum absolute atomic E-state index is 11.7. The standard InChI is InChI=1S/C19H28O11/c1-10(20)26-16-14(8-6-5-7-9-15(24)25)30-19(29-13(4)23)18(28-12(3)22)17(16)27-11(2)21/h14,16-19H,5-9H2,1-4H3,(H,24,25)/t14-,16+,17+,18-,19?/m0/s1. The highest BCUT2D eigenvalue weighted by atomic mass is 16.7. The van der Waals surface area contributed by atoms with Crippen molar-refractivity contribution in [2.24, 2.45) is 0 Å². The molecule has 1 rings (SSSR count). The summed E-state index contributed by atoms with van der Waals surface area (Å²) in [4.78, 5) is 57.0. The van der Waals surface area contributed by atoms with Crippen molar-refractivity contribution in [3.8, 4) is 0 Å². The average Bonchev–Trinajstić information content (AvgIpc) is 2.58. The Morgan fingerprint density at radius 2 is 1.20 bits per heavy atom. The van der Waals surface area contributed by atoms with Crippen molar-refractivity contribution in [1.29, 1.82) is 0 Å². The van der Waals surface area contributed by atoms with Crippen LogP contribution in [0.1, 0.15) is 59.8 Å². The fourth-order valence-corrected chi connectivity index (χ4v) is 3.14. The van der Waals surface area contributed by atoms with Crippen molar-refractivity contribution in [1.82, 2.24) is 0 Å². The maximum Gasteiger partial charge on any atom is 0.305 e. The number of esters is 4. The highest BCUT2D eigenvalue weighted by Crippen LogP contribution is 2.32. The second-order valence-electron chi connectivity index (χ2n) is 6.87. The predicted molar refractivity (Wildman–Crippen MR) is 97.8 cm³/mol. The summed E-state index contributed by atoms with van der Waals surface area (Å²) in [6, 6.07) is 0. The Labute approximate surface area is 173 Å². The van der Waals surface area contributed by atoms with Gasteiger partial charge in [-0.05, 0) is 12.8 Å². The SMILES string of the molecule is CC(=O)OC1O[C@@H](CCCCCC(=O)O)[C@@H](OC(C)=O)[C@@H](OC(C)=O)[C@@H]1OC(C)=O. The first-order chi connectivity index (χ1) is 14.0. The van der Waals surface area contributed by atoms with Gasteiger partial charge in [0, 0.05) is 34.1 Å². The molecular weight excluding hydrogens is 404 g/mol. The first-order valence-electron chi connectivity index (χ1n) is 9.57. The summed E-state index contributed by atoms with van der Waals surface area (Å²) >= 11 is 0. The number of hydrogen-bond acceptors (Lipinski definition) is 10. The molecule has 0 radical (unpaired) electrons. The number of carboxylic acid groups (broad SMARTS) is 1. The first kappa shape index (κ1) is 25.3. The zero-order valence-corrected chi connectivity index (χ0v) is 17.5. The Bertz CT molecular complexity index is 644. The minimum absolute atomic E-state index is 0.0135. The predicted octanol–water partition coefficient (Wildman–Crippen LogP) is 1.10. The molecule has 0 saturated carbocycles. The van der Waals surface area contributed by atoms with Gasteiger partial charge in [-0.3, -0.25) is 24.0 Å². The molecule has 0 aromatic rings. The van der Waals surface area contributed by atoms with E-state index in [1.807, 2.05) is 0 Å². The minimum Gasteiger partial charge on any atom is -0.481 e. The Balaban J connectivity index is 3.11. The Hall–Kier alpha value is -2.69. The maximum atomic E-state index is 11.7. The molecular formula is C19H28O11. The van der Waals surface area contributed by atoms with Crippen LogP contribution in [0, 0.1) is 0 Å². The third-order valence-electron chi connectivity index (χ3n) is 4.16. The van der Waals surface area contributed by atoms with Crippen LogP contribution in [0.25, 0.3) is 0 Å². The second-order valence-corrected chi connectivity index (χ2v) is 6.87. The molecule has 0 amide bonds. The summed E-state index contributed by atoms with van der Waals surface area (Å²) in [5.41, 5.74) is 0. The van der Waals surface area contributed by atoms with E-state index in [1.54, 1.807) is 0 Å². The lowest BCUT2D eigenvalue weighted by Gasteiger charge is -2.44. The number of rotatable bonds is 10. The molecule has 0 spiro atoms. The Morgan fingerprint density at radius 3 is 1.70 bits per heavy atom. The number of aliphatic carboxylic acids is 1. The zero-order valence-electron chi connectivity index (χ0n) is 17.5. The molecule has 1 fully saturated rings. The fraction of sp³-hybridized carbons (Fsp3) is 0.737. The van der Waals surface area contributed by atoms with E-state index in [0.717, 1.165) is 27.7 Å². The highest BCUT2D eigenvalue weighted by Gasteiger charge is 2.52. The van der Waals surface area contributed by atoms with Gasteiger partial charge in [0.2, 0.25) is 12.4 Å². The van der Waals surface area contributed by atoms with Gasteiger partial charge in [-0.1, -0.05) is 12.8 Å². The van der Waals surface area contributed by atoms with Crippen molar-refractivity contribution in [3.05, 3.63) is 0 Å². The quantitative estimate of drug-likeness (QED) is 0.300. The summed E-state index contributed by atoms with van der Waals surface area (Å²) in [5.74, 6) is -3.77. The normalized spacial score (nSPS) is 25.7. The molecule has 11 heteroatoms. The number of ether oxygens (including phenoxy) is 5. The smallest absolute Gasteiger partial charge is 0.305 e. The van der Waals surface area contributed by atoms with Crippen molar-refractivity contribution in [3.63, 3.8) is 0 Å². The lowest BCUT2D eigenvalue weighted by Crippen LogP contribution is -2.62. The molecule has 30 heavy (non-hydrogen) atoms. The van der Waals surface area contributed by atoms with Gasteiger partial charge in [0.05, 0.1) is 0 Å². The van der Waals surface area contributed by atoms with Crippen LogP contribution in [-0.2, 0) is 47.7 Å². The van der Waals surface area contributed by atoms with E-state index < -0.39 is 60.6 Å². The molecule has 5 atom stereocenters. The number of carboxylic acids is 1. The fourth-order valence-electron chi connectivity index (χ4n) is 3.14. The largest absolute Gasteiger partial charge is 0.481 e. The molecule has 0 bridgehead atoms. The monoisotopic (exact) mass is 432 g/mol. The second kappa shape index (κ2) is 12.1.